The van der Waals surface area contributed by atoms with Gasteiger partial charge in [-0.2, -0.15) is 0 Å². The van der Waals surface area contributed by atoms with E-state index in [0.717, 1.165) is 11.3 Å². The first-order valence-corrected chi connectivity index (χ1v) is 12.0. The molecule has 14 heteroatoms. The van der Waals surface area contributed by atoms with Crippen molar-refractivity contribution in [1.29, 1.82) is 0 Å². The maximum Gasteiger partial charge on any atom is 0.357 e. The standard InChI is InChI=1S/C20H25N5O7S2/c1-9-6-33-16-12(23-14(26)11(24-30-5)10-7-34-19(21)22-10)15(27)25(16)13(9)17(28)31-8-32-18(29)20(2,3)4/h7,12,16H,6,8H2,1-5H3,(H2,21,22)(H,23,26)/t12-,16+/m1/s1. The van der Waals surface area contributed by atoms with E-state index in [1.54, 1.807) is 33.1 Å². The summed E-state index contributed by atoms with van der Waals surface area (Å²) in [7, 11) is 1.28. The number of hydrogen-bond acceptors (Lipinski definition) is 12. The Morgan fingerprint density at radius 1 is 1.32 bits per heavy atom. The Morgan fingerprint density at radius 3 is 2.62 bits per heavy atom. The normalized spacial score (nSPS) is 20.3. The highest BCUT2D eigenvalue weighted by atomic mass is 32.2. The van der Waals surface area contributed by atoms with Crippen molar-refractivity contribution in [3.05, 3.63) is 22.3 Å². The first-order chi connectivity index (χ1) is 16.0. The topological polar surface area (TPSA) is 163 Å². The molecule has 1 saturated heterocycles. The number of carbonyl (C=O) groups excluding carboxylic acids is 4. The predicted octanol–water partition coefficient (Wildman–Crippen LogP) is 0.840. The fourth-order valence-electron chi connectivity index (χ4n) is 3.09. The molecule has 3 N–H and O–H groups in total. The minimum Gasteiger partial charge on any atom is -0.427 e. The summed E-state index contributed by atoms with van der Waals surface area (Å²) in [6, 6.07) is -0.898. The Kier molecular flexibility index (Phi) is 7.51. The maximum absolute atomic E-state index is 12.9. The second kappa shape index (κ2) is 10.0. The molecule has 2 atom stereocenters. The Labute approximate surface area is 203 Å². The summed E-state index contributed by atoms with van der Waals surface area (Å²) in [4.78, 5) is 60.3. The van der Waals surface area contributed by atoms with Gasteiger partial charge in [0.2, 0.25) is 6.79 Å². The molecule has 3 heterocycles. The number of β-lactam (4-membered cyclic amide) rings is 1. The number of oxime groups is 1. The van der Waals surface area contributed by atoms with Gasteiger partial charge in [-0.15, -0.1) is 23.1 Å². The Bertz CT molecular complexity index is 1080. The molecule has 0 bridgehead atoms. The fraction of sp³-hybridized carbons (Fsp3) is 0.500. The van der Waals surface area contributed by atoms with E-state index in [4.69, 9.17) is 20.0 Å². The van der Waals surface area contributed by atoms with Gasteiger partial charge in [0, 0.05) is 11.1 Å². The van der Waals surface area contributed by atoms with Gasteiger partial charge in [-0.1, -0.05) is 5.16 Å². The quantitative estimate of drug-likeness (QED) is 0.176. The number of nitrogens with two attached hydrogens (primary N) is 1. The predicted molar refractivity (Wildman–Crippen MR) is 124 cm³/mol. The number of ether oxygens (including phenoxy) is 2. The van der Waals surface area contributed by atoms with E-state index in [-0.39, 0.29) is 22.2 Å². The summed E-state index contributed by atoms with van der Waals surface area (Å²) in [5, 5.41) is 7.60. The van der Waals surface area contributed by atoms with Crippen LogP contribution in [0, 0.1) is 5.41 Å². The number of rotatable bonds is 7. The molecule has 184 valence electrons. The van der Waals surface area contributed by atoms with Gasteiger partial charge in [0.1, 0.15) is 29.9 Å². The lowest BCUT2D eigenvalue weighted by Gasteiger charge is -2.49. The molecule has 1 aromatic rings. The van der Waals surface area contributed by atoms with Crippen molar-refractivity contribution in [2.75, 3.05) is 25.4 Å². The SMILES string of the molecule is CON=C(C(=O)N[C@@H]1C(=O)N2C(C(=O)OCOC(=O)C(C)(C)C)=C(C)CS[C@@H]12)c1csc(N)n1. The molecule has 1 fully saturated rings. The monoisotopic (exact) mass is 511 g/mol. The number of esters is 2. The van der Waals surface area contributed by atoms with Crippen LogP contribution in [0.3, 0.4) is 0 Å². The molecule has 0 radical (unpaired) electrons. The maximum atomic E-state index is 12.9. The van der Waals surface area contributed by atoms with Crippen LogP contribution in [0.25, 0.3) is 0 Å². The zero-order valence-corrected chi connectivity index (χ0v) is 20.9. The second-order valence-electron chi connectivity index (χ2n) is 8.41. The van der Waals surface area contributed by atoms with Crippen LogP contribution in [-0.2, 0) is 33.5 Å². The molecule has 0 saturated carbocycles. The van der Waals surface area contributed by atoms with Crippen LogP contribution in [-0.4, -0.2) is 70.4 Å². The van der Waals surface area contributed by atoms with Crippen LogP contribution in [0.15, 0.2) is 21.8 Å². The lowest BCUT2D eigenvalue weighted by Crippen LogP contribution is -2.71. The highest BCUT2D eigenvalue weighted by Crippen LogP contribution is 2.40. The molecule has 12 nitrogen and oxygen atoms in total. The molecular formula is C20H25N5O7S2. The summed E-state index contributed by atoms with van der Waals surface area (Å²) in [5.74, 6) is -2.04. The van der Waals surface area contributed by atoms with Crippen LogP contribution in [0.4, 0.5) is 5.13 Å². The molecule has 2 aliphatic heterocycles. The lowest BCUT2D eigenvalue weighted by atomic mass is 9.98. The third-order valence-electron chi connectivity index (χ3n) is 4.79. The third-order valence-corrected chi connectivity index (χ3v) is 6.89. The number of hydrogen-bond donors (Lipinski definition) is 2. The molecule has 0 unspecified atom stereocenters. The van der Waals surface area contributed by atoms with Gasteiger partial charge in [-0.25, -0.2) is 9.78 Å². The molecule has 0 spiro atoms. The molecular weight excluding hydrogens is 486 g/mol. The van der Waals surface area contributed by atoms with Crippen molar-refractivity contribution in [2.24, 2.45) is 10.6 Å². The average molecular weight is 512 g/mol. The minimum atomic E-state index is -0.898. The Hall–Kier alpha value is -3.13. The third kappa shape index (κ3) is 5.17. The van der Waals surface area contributed by atoms with Crippen molar-refractivity contribution in [3.63, 3.8) is 0 Å². The van der Waals surface area contributed by atoms with E-state index in [2.05, 4.69) is 15.5 Å². The van der Waals surface area contributed by atoms with Crippen molar-refractivity contribution in [3.8, 4) is 0 Å². The van der Waals surface area contributed by atoms with Crippen LogP contribution in [0.2, 0.25) is 0 Å². The number of thiazole rings is 1. The number of carbonyl (C=O) groups is 4. The van der Waals surface area contributed by atoms with Gasteiger partial charge >= 0.3 is 11.9 Å². The van der Waals surface area contributed by atoms with E-state index in [0.29, 0.717) is 11.3 Å². The van der Waals surface area contributed by atoms with Crippen LogP contribution >= 0.6 is 23.1 Å². The number of fused-ring (bicyclic) bond motifs is 1. The van der Waals surface area contributed by atoms with Crippen LogP contribution < -0.4 is 11.1 Å². The smallest absolute Gasteiger partial charge is 0.357 e. The van der Waals surface area contributed by atoms with Crippen molar-refractivity contribution >= 4 is 57.7 Å². The summed E-state index contributed by atoms with van der Waals surface area (Å²) < 4.78 is 10.0. The van der Waals surface area contributed by atoms with Gasteiger partial charge in [0.05, 0.1) is 5.41 Å². The summed E-state index contributed by atoms with van der Waals surface area (Å²) in [6.07, 6.45) is 0. The van der Waals surface area contributed by atoms with E-state index < -0.39 is 47.4 Å². The number of nitrogen functional groups attached to an aromatic ring is 1. The highest BCUT2D eigenvalue weighted by molar-refractivity contribution is 8.00. The largest absolute Gasteiger partial charge is 0.427 e. The Balaban J connectivity index is 1.66. The number of thioether (sulfide) groups is 1. The number of nitrogens with zero attached hydrogens (tertiary/aromatic N) is 3. The summed E-state index contributed by atoms with van der Waals surface area (Å²) in [5.41, 5.74) is 5.67. The van der Waals surface area contributed by atoms with Gasteiger partial charge in [0.25, 0.3) is 11.8 Å². The zero-order valence-electron chi connectivity index (χ0n) is 19.2. The summed E-state index contributed by atoms with van der Waals surface area (Å²) in [6.45, 7) is 6.15. The highest BCUT2D eigenvalue weighted by Gasteiger charge is 2.54. The molecule has 0 aromatic carbocycles. The Morgan fingerprint density at radius 2 is 2.03 bits per heavy atom. The zero-order chi connectivity index (χ0) is 25.2. The van der Waals surface area contributed by atoms with E-state index in [1.165, 1.54) is 23.8 Å². The molecule has 3 rings (SSSR count). The van der Waals surface area contributed by atoms with Gasteiger partial charge in [0.15, 0.2) is 10.8 Å². The van der Waals surface area contributed by atoms with E-state index in [9.17, 15) is 19.2 Å². The number of amides is 2. The molecule has 2 amide bonds. The number of nitrogens with one attached hydrogen (secondary N) is 1. The van der Waals surface area contributed by atoms with Crippen LogP contribution in [0.5, 0.6) is 0 Å². The van der Waals surface area contributed by atoms with E-state index in [1.807, 2.05) is 0 Å². The molecule has 1 aromatic heterocycles. The van der Waals surface area contributed by atoms with Crippen LogP contribution in [0.1, 0.15) is 33.4 Å². The second-order valence-corrected chi connectivity index (χ2v) is 10.4. The fourth-order valence-corrected chi connectivity index (χ4v) is 4.93. The molecule has 0 aliphatic carbocycles. The number of anilines is 1. The first kappa shape index (κ1) is 25.5. The van der Waals surface area contributed by atoms with Crippen molar-refractivity contribution in [2.45, 2.75) is 39.1 Å². The van der Waals surface area contributed by atoms with Gasteiger partial charge < -0.3 is 25.4 Å². The van der Waals surface area contributed by atoms with Gasteiger partial charge in [-0.3, -0.25) is 19.3 Å². The van der Waals surface area contributed by atoms with Crippen molar-refractivity contribution < 1.29 is 33.5 Å². The minimum absolute atomic E-state index is 0.0733. The summed E-state index contributed by atoms with van der Waals surface area (Å²) >= 11 is 2.52. The number of aromatic nitrogens is 1. The molecule has 34 heavy (non-hydrogen) atoms. The van der Waals surface area contributed by atoms with Crippen molar-refractivity contribution in [1.82, 2.24) is 15.2 Å². The first-order valence-electron chi connectivity index (χ1n) is 10.1. The average Bonchev–Trinajstić information content (AvgIpc) is 3.20. The lowest BCUT2D eigenvalue weighted by molar-refractivity contribution is -0.173. The van der Waals surface area contributed by atoms with E-state index >= 15 is 0 Å². The molecule has 2 aliphatic rings. The van der Waals surface area contributed by atoms with Gasteiger partial charge in [-0.05, 0) is 33.3 Å².